The molecule has 0 bridgehead atoms. The fourth-order valence-corrected chi connectivity index (χ4v) is 2.85. The number of hydrogen-bond donors (Lipinski definition) is 2. The zero-order valence-electron chi connectivity index (χ0n) is 8.04. The quantitative estimate of drug-likeness (QED) is 0.641. The maximum atomic E-state index is 11.5. The van der Waals surface area contributed by atoms with Gasteiger partial charge in [0.2, 0.25) is 10.0 Å². The third-order valence-electron chi connectivity index (χ3n) is 2.22. The van der Waals surface area contributed by atoms with Gasteiger partial charge in [-0.15, -0.1) is 0 Å². The third kappa shape index (κ3) is 3.25. The van der Waals surface area contributed by atoms with Crippen molar-refractivity contribution in [2.24, 2.45) is 0 Å². The Morgan fingerprint density at radius 2 is 2.31 bits per heavy atom. The number of sulfonamides is 1. The average molecular weight is 206 g/mol. The first-order valence-electron chi connectivity index (χ1n) is 4.88. The molecule has 13 heavy (non-hydrogen) atoms. The minimum atomic E-state index is -3.09. The highest BCUT2D eigenvalue weighted by Gasteiger charge is 2.27. The molecule has 1 fully saturated rings. The molecule has 0 aromatic rings. The summed E-state index contributed by atoms with van der Waals surface area (Å²) in [6, 6.07) is 0. The van der Waals surface area contributed by atoms with Gasteiger partial charge in [-0.1, -0.05) is 13.3 Å². The lowest BCUT2D eigenvalue weighted by atomic mass is 10.3. The average Bonchev–Trinajstić information content (AvgIpc) is 2.56. The standard InChI is InChI=1S/C8H18N2O2S/c1-2-3-7-10-13(11,12)8-5-4-6-9-8/h8-10H,2-7H2,1H3/t8-/m0/s1. The van der Waals surface area contributed by atoms with Crippen LogP contribution in [-0.4, -0.2) is 26.9 Å². The van der Waals surface area contributed by atoms with E-state index in [2.05, 4.69) is 10.0 Å². The van der Waals surface area contributed by atoms with E-state index in [1.165, 1.54) is 0 Å². The molecule has 1 heterocycles. The summed E-state index contributed by atoms with van der Waals surface area (Å²) in [4.78, 5) is 0. The molecule has 1 aliphatic heterocycles. The van der Waals surface area contributed by atoms with Crippen LogP contribution >= 0.6 is 0 Å². The van der Waals surface area contributed by atoms with E-state index in [1.54, 1.807) is 0 Å². The van der Waals surface area contributed by atoms with E-state index >= 15 is 0 Å². The largest absolute Gasteiger partial charge is 0.300 e. The maximum Gasteiger partial charge on any atom is 0.227 e. The summed E-state index contributed by atoms with van der Waals surface area (Å²) in [6.45, 7) is 3.43. The van der Waals surface area contributed by atoms with Crippen molar-refractivity contribution in [1.29, 1.82) is 0 Å². The van der Waals surface area contributed by atoms with E-state index in [-0.39, 0.29) is 5.37 Å². The lowest BCUT2D eigenvalue weighted by Gasteiger charge is -2.12. The van der Waals surface area contributed by atoms with Gasteiger partial charge in [0.15, 0.2) is 0 Å². The molecule has 4 nitrogen and oxygen atoms in total. The van der Waals surface area contributed by atoms with E-state index in [1.807, 2.05) is 6.92 Å². The molecule has 0 aromatic carbocycles. The molecule has 0 spiro atoms. The van der Waals surface area contributed by atoms with Gasteiger partial charge < -0.3 is 5.32 Å². The SMILES string of the molecule is CCCCNS(=O)(=O)[C@H]1CCCN1. The van der Waals surface area contributed by atoms with E-state index in [0.717, 1.165) is 32.2 Å². The zero-order chi connectivity index (χ0) is 9.73. The molecular formula is C8H18N2O2S. The van der Waals surface area contributed by atoms with Crippen LogP contribution in [0.4, 0.5) is 0 Å². The molecule has 0 unspecified atom stereocenters. The Morgan fingerprint density at radius 1 is 1.54 bits per heavy atom. The van der Waals surface area contributed by atoms with Crippen molar-refractivity contribution in [3.05, 3.63) is 0 Å². The van der Waals surface area contributed by atoms with Crippen molar-refractivity contribution < 1.29 is 8.42 Å². The fourth-order valence-electron chi connectivity index (χ4n) is 1.41. The number of unbranched alkanes of at least 4 members (excludes halogenated alkanes) is 1. The van der Waals surface area contributed by atoms with E-state index in [9.17, 15) is 8.42 Å². The van der Waals surface area contributed by atoms with Gasteiger partial charge in [0.05, 0.1) is 0 Å². The molecule has 1 rings (SSSR count). The zero-order valence-corrected chi connectivity index (χ0v) is 8.86. The van der Waals surface area contributed by atoms with Crippen LogP contribution in [0, 0.1) is 0 Å². The summed E-state index contributed by atoms with van der Waals surface area (Å²) < 4.78 is 25.7. The van der Waals surface area contributed by atoms with Crippen molar-refractivity contribution in [2.45, 2.75) is 38.0 Å². The first-order chi connectivity index (χ1) is 6.17. The highest BCUT2D eigenvalue weighted by molar-refractivity contribution is 7.90. The Hall–Kier alpha value is -0.130. The molecular weight excluding hydrogens is 188 g/mol. The smallest absolute Gasteiger partial charge is 0.227 e. The molecule has 2 N–H and O–H groups in total. The predicted molar refractivity (Wildman–Crippen MR) is 52.9 cm³/mol. The topological polar surface area (TPSA) is 58.2 Å². The second-order valence-corrected chi connectivity index (χ2v) is 5.33. The first kappa shape index (κ1) is 10.9. The molecule has 0 amide bonds. The molecule has 1 aliphatic rings. The van der Waals surface area contributed by atoms with Crippen molar-refractivity contribution in [3.8, 4) is 0 Å². The van der Waals surface area contributed by atoms with Crippen molar-refractivity contribution >= 4 is 10.0 Å². The molecule has 1 atom stereocenters. The normalized spacial score (nSPS) is 23.6. The minimum Gasteiger partial charge on any atom is -0.300 e. The monoisotopic (exact) mass is 206 g/mol. The van der Waals surface area contributed by atoms with Crippen LogP contribution in [0.3, 0.4) is 0 Å². The van der Waals surface area contributed by atoms with Gasteiger partial charge in [0.1, 0.15) is 5.37 Å². The maximum absolute atomic E-state index is 11.5. The molecule has 0 aromatic heterocycles. The summed E-state index contributed by atoms with van der Waals surface area (Å²) in [5, 5.41) is 2.62. The molecule has 1 saturated heterocycles. The van der Waals surface area contributed by atoms with Crippen LogP contribution in [0.15, 0.2) is 0 Å². The van der Waals surface area contributed by atoms with Crippen LogP contribution in [0.5, 0.6) is 0 Å². The number of rotatable bonds is 5. The fraction of sp³-hybridized carbons (Fsp3) is 1.00. The van der Waals surface area contributed by atoms with Gasteiger partial charge in [-0.3, -0.25) is 0 Å². The minimum absolute atomic E-state index is 0.357. The summed E-state index contributed by atoms with van der Waals surface area (Å²) in [6.07, 6.45) is 3.62. The van der Waals surface area contributed by atoms with Crippen LogP contribution in [-0.2, 0) is 10.0 Å². The Balaban J connectivity index is 2.36. The summed E-state index contributed by atoms with van der Waals surface area (Å²) in [5.74, 6) is 0. The van der Waals surface area contributed by atoms with Gasteiger partial charge in [0.25, 0.3) is 0 Å². The van der Waals surface area contributed by atoms with Crippen LogP contribution in [0.2, 0.25) is 0 Å². The molecule has 5 heteroatoms. The van der Waals surface area contributed by atoms with E-state index in [0.29, 0.717) is 6.54 Å². The molecule has 0 saturated carbocycles. The van der Waals surface area contributed by atoms with E-state index < -0.39 is 10.0 Å². The van der Waals surface area contributed by atoms with Gasteiger partial charge in [0, 0.05) is 6.54 Å². The highest BCUT2D eigenvalue weighted by Crippen LogP contribution is 2.10. The van der Waals surface area contributed by atoms with Gasteiger partial charge >= 0.3 is 0 Å². The Kier molecular flexibility index (Phi) is 4.15. The van der Waals surface area contributed by atoms with Gasteiger partial charge in [-0.25, -0.2) is 13.1 Å². The summed E-state index contributed by atoms with van der Waals surface area (Å²) in [5.41, 5.74) is 0. The summed E-state index contributed by atoms with van der Waals surface area (Å²) in [7, 11) is -3.09. The van der Waals surface area contributed by atoms with Gasteiger partial charge in [-0.2, -0.15) is 0 Å². The van der Waals surface area contributed by atoms with Crippen LogP contribution < -0.4 is 10.0 Å². The highest BCUT2D eigenvalue weighted by atomic mass is 32.2. The summed E-state index contributed by atoms with van der Waals surface area (Å²) >= 11 is 0. The Morgan fingerprint density at radius 3 is 2.85 bits per heavy atom. The predicted octanol–water partition coefficient (Wildman–Crippen LogP) is 0.415. The Labute approximate surface area is 80.1 Å². The van der Waals surface area contributed by atoms with E-state index in [4.69, 9.17) is 0 Å². The number of hydrogen-bond acceptors (Lipinski definition) is 3. The van der Waals surface area contributed by atoms with Crippen molar-refractivity contribution in [1.82, 2.24) is 10.0 Å². The van der Waals surface area contributed by atoms with Gasteiger partial charge in [-0.05, 0) is 25.8 Å². The second-order valence-electron chi connectivity index (χ2n) is 3.38. The van der Waals surface area contributed by atoms with Crippen LogP contribution in [0.25, 0.3) is 0 Å². The lowest BCUT2D eigenvalue weighted by Crippen LogP contribution is -2.40. The molecule has 0 radical (unpaired) electrons. The number of nitrogens with one attached hydrogen (secondary N) is 2. The van der Waals surface area contributed by atoms with Crippen molar-refractivity contribution in [3.63, 3.8) is 0 Å². The first-order valence-corrected chi connectivity index (χ1v) is 6.43. The second kappa shape index (κ2) is 4.93. The lowest BCUT2D eigenvalue weighted by molar-refractivity contribution is 0.554. The third-order valence-corrected chi connectivity index (χ3v) is 3.98. The van der Waals surface area contributed by atoms with Crippen LogP contribution in [0.1, 0.15) is 32.6 Å². The van der Waals surface area contributed by atoms with Crippen molar-refractivity contribution in [2.75, 3.05) is 13.1 Å². The molecule has 0 aliphatic carbocycles. The Bertz CT molecular complexity index is 233. The molecule has 78 valence electrons.